The van der Waals surface area contributed by atoms with Crippen molar-refractivity contribution in [1.29, 1.82) is 0 Å². The van der Waals surface area contributed by atoms with Crippen molar-refractivity contribution in [3.8, 4) is 0 Å². The van der Waals surface area contributed by atoms with Crippen LogP contribution in [0.5, 0.6) is 0 Å². The van der Waals surface area contributed by atoms with Crippen molar-refractivity contribution in [2.75, 3.05) is 6.54 Å². The van der Waals surface area contributed by atoms with Crippen LogP contribution in [0.15, 0.2) is 16.7 Å². The molecule has 4 heteroatoms. The average Bonchev–Trinajstić information content (AvgIpc) is 2.60. The normalized spacial score (nSPS) is 12.5. The first-order valence-electron chi connectivity index (χ1n) is 4.61. The topological polar surface area (TPSA) is 42.2 Å². The second-order valence-electron chi connectivity index (χ2n) is 3.11. The largest absolute Gasteiger partial charge is 0.469 e. The van der Waals surface area contributed by atoms with E-state index in [0.29, 0.717) is 17.9 Å². The maximum absolute atomic E-state index is 11.5. The van der Waals surface area contributed by atoms with Crippen molar-refractivity contribution < 1.29 is 9.21 Å². The van der Waals surface area contributed by atoms with E-state index in [0.717, 1.165) is 6.42 Å². The summed E-state index contributed by atoms with van der Waals surface area (Å²) in [6, 6.07) is 1.65. The molecule has 0 saturated heterocycles. The van der Waals surface area contributed by atoms with Crippen LogP contribution in [0.4, 0.5) is 0 Å². The predicted molar refractivity (Wildman–Crippen MR) is 55.7 cm³/mol. The van der Waals surface area contributed by atoms with E-state index in [4.69, 9.17) is 16.0 Å². The van der Waals surface area contributed by atoms with Crippen LogP contribution in [0, 0.1) is 6.92 Å². The van der Waals surface area contributed by atoms with E-state index in [9.17, 15) is 4.79 Å². The van der Waals surface area contributed by atoms with Gasteiger partial charge in [-0.05, 0) is 19.4 Å². The van der Waals surface area contributed by atoms with Crippen LogP contribution in [0.3, 0.4) is 0 Å². The third-order valence-electron chi connectivity index (χ3n) is 2.03. The van der Waals surface area contributed by atoms with Gasteiger partial charge in [0.2, 0.25) is 0 Å². The molecular formula is C10H14ClNO2. The van der Waals surface area contributed by atoms with Crippen molar-refractivity contribution in [3.05, 3.63) is 23.7 Å². The van der Waals surface area contributed by atoms with Gasteiger partial charge in [0, 0.05) is 6.54 Å². The van der Waals surface area contributed by atoms with Gasteiger partial charge in [-0.2, -0.15) is 0 Å². The van der Waals surface area contributed by atoms with Gasteiger partial charge in [0.15, 0.2) is 0 Å². The van der Waals surface area contributed by atoms with E-state index in [1.165, 1.54) is 6.26 Å². The zero-order chi connectivity index (χ0) is 10.6. The molecule has 0 spiro atoms. The van der Waals surface area contributed by atoms with Crippen LogP contribution < -0.4 is 5.32 Å². The van der Waals surface area contributed by atoms with Gasteiger partial charge in [-0.1, -0.05) is 6.92 Å². The van der Waals surface area contributed by atoms with Gasteiger partial charge in [0.1, 0.15) is 5.76 Å². The smallest absolute Gasteiger partial charge is 0.254 e. The summed E-state index contributed by atoms with van der Waals surface area (Å²) in [5, 5.41) is 2.74. The standard InChI is InChI=1S/C10H14ClNO2/c1-3-8(11)6-12-10(13)9-4-5-14-7(9)2/h4-5,8H,3,6H2,1-2H3,(H,12,13). The van der Waals surface area contributed by atoms with Crippen LogP contribution in [-0.2, 0) is 0 Å². The van der Waals surface area contributed by atoms with E-state index < -0.39 is 0 Å². The highest BCUT2D eigenvalue weighted by Crippen LogP contribution is 2.08. The van der Waals surface area contributed by atoms with Crippen molar-refractivity contribution in [1.82, 2.24) is 5.32 Å². The maximum Gasteiger partial charge on any atom is 0.254 e. The molecule has 0 radical (unpaired) electrons. The van der Waals surface area contributed by atoms with Crippen LogP contribution in [0.2, 0.25) is 0 Å². The summed E-state index contributed by atoms with van der Waals surface area (Å²) in [4.78, 5) is 11.5. The van der Waals surface area contributed by atoms with Gasteiger partial charge >= 0.3 is 0 Å². The average molecular weight is 216 g/mol. The minimum Gasteiger partial charge on any atom is -0.469 e. The quantitative estimate of drug-likeness (QED) is 0.784. The minimum absolute atomic E-state index is 0.00819. The van der Waals surface area contributed by atoms with Gasteiger partial charge in [0.05, 0.1) is 17.2 Å². The fourth-order valence-corrected chi connectivity index (χ4v) is 1.14. The molecule has 0 fully saturated rings. The number of hydrogen-bond acceptors (Lipinski definition) is 2. The molecular weight excluding hydrogens is 202 g/mol. The molecule has 0 aliphatic rings. The third-order valence-corrected chi connectivity index (χ3v) is 2.49. The zero-order valence-corrected chi connectivity index (χ0v) is 9.10. The zero-order valence-electron chi connectivity index (χ0n) is 8.34. The van der Waals surface area contributed by atoms with Crippen LogP contribution in [0.25, 0.3) is 0 Å². The summed E-state index contributed by atoms with van der Waals surface area (Å²) in [6.45, 7) is 4.22. The van der Waals surface area contributed by atoms with Crippen molar-refractivity contribution >= 4 is 17.5 Å². The molecule has 1 amide bonds. The number of alkyl halides is 1. The first kappa shape index (κ1) is 11.1. The Kier molecular flexibility index (Phi) is 4.01. The highest BCUT2D eigenvalue weighted by Gasteiger charge is 2.11. The molecule has 78 valence electrons. The van der Waals surface area contributed by atoms with E-state index in [1.54, 1.807) is 13.0 Å². The molecule has 0 aliphatic carbocycles. The maximum atomic E-state index is 11.5. The van der Waals surface area contributed by atoms with E-state index in [2.05, 4.69) is 5.32 Å². The Labute approximate surface area is 88.4 Å². The van der Waals surface area contributed by atoms with Gasteiger partial charge in [0.25, 0.3) is 5.91 Å². The second kappa shape index (κ2) is 5.05. The monoisotopic (exact) mass is 215 g/mol. The fourth-order valence-electron chi connectivity index (χ4n) is 1.06. The second-order valence-corrected chi connectivity index (χ2v) is 3.72. The fraction of sp³-hybridized carbons (Fsp3) is 0.500. The molecule has 0 aliphatic heterocycles. The lowest BCUT2D eigenvalue weighted by Gasteiger charge is -2.07. The molecule has 1 N–H and O–H groups in total. The predicted octanol–water partition coefficient (Wildman–Crippen LogP) is 2.34. The summed E-state index contributed by atoms with van der Waals surface area (Å²) in [5.41, 5.74) is 0.574. The van der Waals surface area contributed by atoms with E-state index >= 15 is 0 Å². The molecule has 1 heterocycles. The molecule has 0 bridgehead atoms. The first-order chi connectivity index (χ1) is 6.65. The Morgan fingerprint density at radius 2 is 2.43 bits per heavy atom. The molecule has 1 aromatic rings. The molecule has 1 unspecified atom stereocenters. The van der Waals surface area contributed by atoms with E-state index in [1.807, 2.05) is 6.92 Å². The number of furan rings is 1. The Morgan fingerprint density at radius 3 is 2.93 bits per heavy atom. The Morgan fingerprint density at radius 1 is 1.71 bits per heavy atom. The summed E-state index contributed by atoms with van der Waals surface area (Å²) < 4.78 is 5.02. The highest BCUT2D eigenvalue weighted by atomic mass is 35.5. The first-order valence-corrected chi connectivity index (χ1v) is 5.05. The van der Waals surface area contributed by atoms with E-state index in [-0.39, 0.29) is 11.3 Å². The summed E-state index contributed by atoms with van der Waals surface area (Å²) in [7, 11) is 0. The van der Waals surface area contributed by atoms with Crippen LogP contribution >= 0.6 is 11.6 Å². The molecule has 14 heavy (non-hydrogen) atoms. The molecule has 3 nitrogen and oxygen atoms in total. The number of aryl methyl sites for hydroxylation is 1. The molecule has 1 aromatic heterocycles. The van der Waals surface area contributed by atoms with Gasteiger partial charge in [-0.3, -0.25) is 4.79 Å². The van der Waals surface area contributed by atoms with Gasteiger partial charge < -0.3 is 9.73 Å². The van der Waals surface area contributed by atoms with Crippen LogP contribution in [0.1, 0.15) is 29.5 Å². The number of rotatable bonds is 4. The number of amides is 1. The Hall–Kier alpha value is -0.960. The molecule has 0 saturated carbocycles. The number of halogens is 1. The molecule has 1 rings (SSSR count). The van der Waals surface area contributed by atoms with Crippen molar-refractivity contribution in [2.45, 2.75) is 25.6 Å². The SMILES string of the molecule is CCC(Cl)CNC(=O)c1ccoc1C. The summed E-state index contributed by atoms with van der Waals surface area (Å²) in [5.74, 6) is 0.500. The lowest BCUT2D eigenvalue weighted by atomic mass is 10.2. The molecule has 1 atom stereocenters. The van der Waals surface area contributed by atoms with Crippen LogP contribution in [-0.4, -0.2) is 17.8 Å². The lowest BCUT2D eigenvalue weighted by Crippen LogP contribution is -2.29. The number of carbonyl (C=O) groups is 1. The number of hydrogen-bond donors (Lipinski definition) is 1. The lowest BCUT2D eigenvalue weighted by molar-refractivity contribution is 0.0952. The van der Waals surface area contributed by atoms with Gasteiger partial charge in [-0.25, -0.2) is 0 Å². The Balaban J connectivity index is 2.47. The number of nitrogens with one attached hydrogen (secondary N) is 1. The summed E-state index contributed by atoms with van der Waals surface area (Å²) in [6.07, 6.45) is 2.34. The highest BCUT2D eigenvalue weighted by molar-refractivity contribution is 6.20. The third kappa shape index (κ3) is 2.77. The molecule has 0 aromatic carbocycles. The van der Waals surface area contributed by atoms with Crippen molar-refractivity contribution in [3.63, 3.8) is 0 Å². The summed E-state index contributed by atoms with van der Waals surface area (Å²) >= 11 is 5.87. The van der Waals surface area contributed by atoms with Crippen molar-refractivity contribution in [2.24, 2.45) is 0 Å². The minimum atomic E-state index is -0.129. The Bertz CT molecular complexity index is 309. The number of carbonyl (C=O) groups excluding carboxylic acids is 1. The van der Waals surface area contributed by atoms with Gasteiger partial charge in [-0.15, -0.1) is 11.6 Å².